The molecule has 4 heterocycles. The van der Waals surface area contributed by atoms with E-state index in [-0.39, 0.29) is 30.5 Å². The summed E-state index contributed by atoms with van der Waals surface area (Å²) in [5.41, 5.74) is 7.06. The van der Waals surface area contributed by atoms with Gasteiger partial charge in [0.2, 0.25) is 0 Å². The summed E-state index contributed by atoms with van der Waals surface area (Å²) >= 11 is 1.58. The van der Waals surface area contributed by atoms with E-state index < -0.39 is 0 Å². The van der Waals surface area contributed by atoms with Crippen molar-refractivity contribution in [2.45, 2.75) is 18.6 Å². The van der Waals surface area contributed by atoms with Gasteiger partial charge in [0.1, 0.15) is 17.8 Å². The minimum absolute atomic E-state index is 0. The molecule has 0 spiro atoms. The van der Waals surface area contributed by atoms with E-state index in [0.29, 0.717) is 31.2 Å². The molecular formula is C19H27ClN6O3S. The Kier molecular flexibility index (Phi) is 7.95. The van der Waals surface area contributed by atoms with Gasteiger partial charge in [-0.1, -0.05) is 0 Å². The minimum Gasteiger partial charge on any atom is -0.382 e. The standard InChI is InChI=1S/C19H26N6O3S.ClH/c1-27-7-8-28-15-3-5-25(10-14(15)20)19(26)16-11-24(6-9-29-16)18-13-2-4-21-17(13)22-12-23-18;/h2,4,11-12,14-15H,3,5-10,20H2,1H3,(H,21,22,23);1H/t14-,15-;/m0./s1. The van der Waals surface area contributed by atoms with Gasteiger partial charge in [0.05, 0.1) is 29.6 Å². The number of halogens is 1. The third kappa shape index (κ3) is 4.89. The van der Waals surface area contributed by atoms with Crippen LogP contribution in [-0.4, -0.2) is 83.6 Å². The molecule has 0 aromatic carbocycles. The van der Waals surface area contributed by atoms with Crippen LogP contribution in [0, 0.1) is 0 Å². The molecule has 2 aliphatic rings. The first-order valence-electron chi connectivity index (χ1n) is 9.72. The number of piperidine rings is 1. The number of anilines is 1. The number of rotatable bonds is 6. The first-order valence-corrected chi connectivity index (χ1v) is 10.7. The number of carbonyl (C=O) groups excluding carboxylic acids is 1. The van der Waals surface area contributed by atoms with Gasteiger partial charge >= 0.3 is 0 Å². The number of hydrogen-bond donors (Lipinski definition) is 2. The number of carbonyl (C=O) groups is 1. The lowest BCUT2D eigenvalue weighted by Gasteiger charge is -2.37. The van der Waals surface area contributed by atoms with Gasteiger partial charge in [-0.3, -0.25) is 4.79 Å². The number of aromatic nitrogens is 3. The fourth-order valence-electron chi connectivity index (χ4n) is 3.66. The van der Waals surface area contributed by atoms with E-state index in [1.807, 2.05) is 28.3 Å². The monoisotopic (exact) mass is 454 g/mol. The second-order valence-electron chi connectivity index (χ2n) is 7.08. The molecule has 0 bridgehead atoms. The van der Waals surface area contributed by atoms with Crippen LogP contribution >= 0.6 is 24.2 Å². The summed E-state index contributed by atoms with van der Waals surface area (Å²) in [4.78, 5) is 29.5. The van der Waals surface area contributed by atoms with E-state index in [0.717, 1.165) is 35.6 Å². The molecule has 3 N–H and O–H groups in total. The fourth-order valence-corrected chi connectivity index (χ4v) is 4.62. The Bertz CT molecular complexity index is 894. The Hall–Kier alpha value is -1.85. The minimum atomic E-state index is -0.198. The van der Waals surface area contributed by atoms with Crippen molar-refractivity contribution in [2.24, 2.45) is 5.73 Å². The van der Waals surface area contributed by atoms with Crippen molar-refractivity contribution >= 4 is 46.9 Å². The third-order valence-electron chi connectivity index (χ3n) is 5.18. The zero-order valence-corrected chi connectivity index (χ0v) is 18.5. The first kappa shape index (κ1) is 22.8. The number of ether oxygens (including phenoxy) is 2. The molecule has 1 fully saturated rings. The highest BCUT2D eigenvalue weighted by Crippen LogP contribution is 2.30. The predicted molar refractivity (Wildman–Crippen MR) is 120 cm³/mol. The maximum atomic E-state index is 13.1. The molecule has 1 saturated heterocycles. The molecule has 164 valence electrons. The van der Waals surface area contributed by atoms with Crippen molar-refractivity contribution in [1.82, 2.24) is 19.9 Å². The molecule has 0 saturated carbocycles. The summed E-state index contributed by atoms with van der Waals surface area (Å²) in [7, 11) is 1.64. The van der Waals surface area contributed by atoms with Crippen molar-refractivity contribution in [2.75, 3.05) is 50.6 Å². The molecule has 30 heavy (non-hydrogen) atoms. The van der Waals surface area contributed by atoms with Crippen LogP contribution in [0.25, 0.3) is 11.0 Å². The SMILES string of the molecule is COCCO[C@H]1CCN(C(=O)C2=CN(c3ncnc4[nH]ccc34)CCS2)C[C@@H]1N.Cl. The lowest BCUT2D eigenvalue weighted by molar-refractivity contribution is -0.129. The number of methoxy groups -OCH3 is 1. The summed E-state index contributed by atoms with van der Waals surface area (Å²) in [6.45, 7) is 2.98. The zero-order chi connectivity index (χ0) is 20.2. The fraction of sp³-hybridized carbons (Fsp3) is 0.526. The highest BCUT2D eigenvalue weighted by Gasteiger charge is 2.32. The summed E-state index contributed by atoms with van der Waals surface area (Å²) in [6, 6.07) is 1.76. The number of H-pyrrole nitrogens is 1. The van der Waals surface area contributed by atoms with Crippen LogP contribution in [0.4, 0.5) is 5.82 Å². The molecule has 2 aliphatic heterocycles. The number of likely N-dealkylation sites (tertiary alicyclic amines) is 1. The number of fused-ring (bicyclic) bond motifs is 1. The highest BCUT2D eigenvalue weighted by molar-refractivity contribution is 8.04. The van der Waals surface area contributed by atoms with Crippen LogP contribution in [0.3, 0.4) is 0 Å². The normalized spacial score (nSPS) is 22.0. The molecule has 1 amide bonds. The van der Waals surface area contributed by atoms with E-state index in [9.17, 15) is 4.79 Å². The number of thioether (sulfide) groups is 1. The number of nitrogens with one attached hydrogen (secondary N) is 1. The molecule has 4 rings (SSSR count). The smallest absolute Gasteiger partial charge is 0.261 e. The Labute approximate surface area is 185 Å². The second-order valence-corrected chi connectivity index (χ2v) is 8.21. The van der Waals surface area contributed by atoms with E-state index in [2.05, 4.69) is 15.0 Å². The largest absolute Gasteiger partial charge is 0.382 e. The van der Waals surface area contributed by atoms with E-state index in [1.165, 1.54) is 0 Å². The Morgan fingerprint density at radius 3 is 3.03 bits per heavy atom. The Balaban J connectivity index is 0.00000256. The second kappa shape index (κ2) is 10.5. The Morgan fingerprint density at radius 2 is 2.23 bits per heavy atom. The van der Waals surface area contributed by atoms with E-state index in [1.54, 1.807) is 25.2 Å². The molecule has 0 aliphatic carbocycles. The van der Waals surface area contributed by atoms with Crippen LogP contribution < -0.4 is 10.6 Å². The number of nitrogens with two attached hydrogens (primary N) is 1. The molecule has 0 radical (unpaired) electrons. The van der Waals surface area contributed by atoms with Crippen LogP contribution in [-0.2, 0) is 14.3 Å². The van der Waals surface area contributed by atoms with Gasteiger partial charge in [0.25, 0.3) is 5.91 Å². The Morgan fingerprint density at radius 1 is 1.37 bits per heavy atom. The average Bonchev–Trinajstić information content (AvgIpc) is 3.23. The molecule has 2 atom stereocenters. The van der Waals surface area contributed by atoms with Crippen LogP contribution in [0.2, 0.25) is 0 Å². The van der Waals surface area contributed by atoms with Crippen molar-refractivity contribution in [3.8, 4) is 0 Å². The van der Waals surface area contributed by atoms with Gasteiger partial charge in [-0.25, -0.2) is 9.97 Å². The van der Waals surface area contributed by atoms with Gasteiger partial charge in [0.15, 0.2) is 0 Å². The summed E-state index contributed by atoms with van der Waals surface area (Å²) in [6.07, 6.45) is 5.98. The maximum absolute atomic E-state index is 13.1. The van der Waals surface area contributed by atoms with Gasteiger partial charge in [-0.15, -0.1) is 24.2 Å². The number of amides is 1. The number of aromatic amines is 1. The maximum Gasteiger partial charge on any atom is 0.261 e. The first-order chi connectivity index (χ1) is 14.2. The zero-order valence-electron chi connectivity index (χ0n) is 16.8. The summed E-state index contributed by atoms with van der Waals surface area (Å²) < 4.78 is 10.8. The molecule has 0 unspecified atom stereocenters. The number of hydrogen-bond acceptors (Lipinski definition) is 8. The topological polar surface area (TPSA) is 110 Å². The average molecular weight is 455 g/mol. The number of nitrogens with zero attached hydrogens (tertiary/aromatic N) is 4. The van der Waals surface area contributed by atoms with Gasteiger partial charge in [-0.2, -0.15) is 0 Å². The quantitative estimate of drug-likeness (QED) is 0.630. The van der Waals surface area contributed by atoms with Gasteiger partial charge < -0.3 is 30.0 Å². The third-order valence-corrected chi connectivity index (χ3v) is 6.16. The molecular weight excluding hydrogens is 428 g/mol. The van der Waals surface area contributed by atoms with Gasteiger partial charge in [-0.05, 0) is 12.5 Å². The van der Waals surface area contributed by atoms with Crippen molar-refractivity contribution in [1.29, 1.82) is 0 Å². The van der Waals surface area contributed by atoms with E-state index in [4.69, 9.17) is 15.2 Å². The van der Waals surface area contributed by atoms with Crippen molar-refractivity contribution in [3.05, 3.63) is 29.7 Å². The van der Waals surface area contributed by atoms with E-state index >= 15 is 0 Å². The van der Waals surface area contributed by atoms with Crippen LogP contribution in [0.15, 0.2) is 29.7 Å². The van der Waals surface area contributed by atoms with Crippen LogP contribution in [0.1, 0.15) is 6.42 Å². The molecule has 9 nitrogen and oxygen atoms in total. The molecule has 2 aromatic rings. The lowest BCUT2D eigenvalue weighted by atomic mass is 10.0. The van der Waals surface area contributed by atoms with Crippen molar-refractivity contribution in [3.63, 3.8) is 0 Å². The summed E-state index contributed by atoms with van der Waals surface area (Å²) in [5, 5.41) is 0.943. The summed E-state index contributed by atoms with van der Waals surface area (Å²) in [5.74, 6) is 1.64. The van der Waals surface area contributed by atoms with Crippen LogP contribution in [0.5, 0.6) is 0 Å². The highest BCUT2D eigenvalue weighted by atomic mass is 35.5. The van der Waals surface area contributed by atoms with Gasteiger partial charge in [0, 0.05) is 50.9 Å². The molecule has 11 heteroatoms. The molecule has 2 aromatic heterocycles. The predicted octanol–water partition coefficient (Wildman–Crippen LogP) is 1.37. The van der Waals surface area contributed by atoms with Crippen molar-refractivity contribution < 1.29 is 14.3 Å². The lowest BCUT2D eigenvalue weighted by Crippen LogP contribution is -2.54.